The van der Waals surface area contributed by atoms with Crippen molar-refractivity contribution < 1.29 is 33.4 Å². The van der Waals surface area contributed by atoms with Gasteiger partial charge in [-0.05, 0) is 62.4 Å². The number of methoxy groups -OCH3 is 1. The average molecular weight is 728 g/mol. The molecule has 0 spiro atoms. The molecule has 5 atom stereocenters. The lowest BCUT2D eigenvalue weighted by atomic mass is 9.92. The van der Waals surface area contributed by atoms with Crippen molar-refractivity contribution in [3.8, 4) is 0 Å². The maximum Gasteiger partial charge on any atom is 0.412 e. The van der Waals surface area contributed by atoms with E-state index >= 15 is 0 Å². The first-order valence-corrected chi connectivity index (χ1v) is 17.2. The fourth-order valence-corrected chi connectivity index (χ4v) is 6.02. The molecule has 2 unspecified atom stereocenters. The van der Waals surface area contributed by atoms with Gasteiger partial charge in [-0.2, -0.15) is 0 Å². The number of nitrogens with one attached hydrogen (secondary N) is 3. The van der Waals surface area contributed by atoms with Crippen molar-refractivity contribution in [1.29, 1.82) is 0 Å². The molecule has 1 fully saturated rings. The first kappa shape index (κ1) is 36.9. The monoisotopic (exact) mass is 726 g/mol. The zero-order valence-corrected chi connectivity index (χ0v) is 30.1. The lowest BCUT2D eigenvalue weighted by molar-refractivity contribution is -0.147. The van der Waals surface area contributed by atoms with Gasteiger partial charge in [-0.3, -0.25) is 14.5 Å². The minimum atomic E-state index is -1.04. The second-order valence-corrected chi connectivity index (χ2v) is 14.1. The molecule has 0 aliphatic carbocycles. The van der Waals surface area contributed by atoms with Crippen LogP contribution in [0, 0.1) is 5.92 Å². The number of aromatic nitrogens is 1. The number of aromatic amines is 1. The molecular formula is C36H47BrN4O7. The number of carbonyl (C=O) groups is 4. The zero-order chi connectivity index (χ0) is 35.0. The summed E-state index contributed by atoms with van der Waals surface area (Å²) in [4.78, 5) is 59.1. The topological polar surface area (TPSA) is 139 Å². The summed E-state index contributed by atoms with van der Waals surface area (Å²) in [7, 11) is 1.28. The SMILES string of the molecule is CC[C@H](C)[C@H](NC(=O)[C@H](Cc1c[nH]c2ccccc12)NC(=O)C(CC1OCCCN1C(=O)OC(C)(C)C)c1ccc(Br)cc1)C(=O)OC. The highest BCUT2D eigenvalue weighted by molar-refractivity contribution is 9.10. The lowest BCUT2D eigenvalue weighted by Gasteiger charge is -2.38. The number of ether oxygens (including phenoxy) is 3. The zero-order valence-electron chi connectivity index (χ0n) is 28.5. The van der Waals surface area contributed by atoms with E-state index in [1.165, 1.54) is 12.0 Å². The van der Waals surface area contributed by atoms with Crippen molar-refractivity contribution in [3.63, 3.8) is 0 Å². The van der Waals surface area contributed by atoms with Crippen LogP contribution in [0.2, 0.25) is 0 Å². The summed E-state index contributed by atoms with van der Waals surface area (Å²) in [6.07, 6.45) is 2.12. The van der Waals surface area contributed by atoms with E-state index in [0.717, 1.165) is 20.9 Å². The largest absolute Gasteiger partial charge is 0.467 e. The van der Waals surface area contributed by atoms with Gasteiger partial charge in [-0.15, -0.1) is 0 Å². The Bertz CT molecular complexity index is 1570. The molecule has 2 heterocycles. The van der Waals surface area contributed by atoms with Gasteiger partial charge < -0.3 is 29.8 Å². The number of rotatable bonds is 12. The van der Waals surface area contributed by atoms with Gasteiger partial charge in [0.05, 0.1) is 19.6 Å². The Hall–Kier alpha value is -3.90. The van der Waals surface area contributed by atoms with E-state index in [-0.39, 0.29) is 18.8 Å². The number of halogens is 1. The van der Waals surface area contributed by atoms with Crippen LogP contribution >= 0.6 is 15.9 Å². The molecule has 48 heavy (non-hydrogen) atoms. The van der Waals surface area contributed by atoms with Gasteiger partial charge in [0.1, 0.15) is 23.9 Å². The Morgan fingerprint density at radius 1 is 1.06 bits per heavy atom. The Morgan fingerprint density at radius 2 is 1.77 bits per heavy atom. The molecule has 0 bridgehead atoms. The van der Waals surface area contributed by atoms with Crippen LogP contribution < -0.4 is 10.6 Å². The van der Waals surface area contributed by atoms with Crippen LogP contribution in [0.15, 0.2) is 59.2 Å². The van der Waals surface area contributed by atoms with Crippen LogP contribution in [0.1, 0.15) is 70.9 Å². The maximum absolute atomic E-state index is 14.4. The van der Waals surface area contributed by atoms with E-state index < -0.39 is 53.7 Å². The molecule has 0 radical (unpaired) electrons. The third kappa shape index (κ3) is 9.59. The Morgan fingerprint density at radius 3 is 2.44 bits per heavy atom. The highest BCUT2D eigenvalue weighted by atomic mass is 79.9. The molecule has 11 nitrogen and oxygen atoms in total. The Kier molecular flexibility index (Phi) is 12.7. The molecule has 0 saturated carbocycles. The molecule has 3 aromatic rings. The van der Waals surface area contributed by atoms with Crippen molar-refractivity contribution in [2.75, 3.05) is 20.3 Å². The second kappa shape index (κ2) is 16.5. The molecule has 260 valence electrons. The third-order valence-electron chi connectivity index (χ3n) is 8.55. The highest BCUT2D eigenvalue weighted by Crippen LogP contribution is 2.29. The van der Waals surface area contributed by atoms with Crippen LogP contribution in [0.4, 0.5) is 4.79 Å². The maximum atomic E-state index is 14.4. The molecule has 2 aromatic carbocycles. The number of hydrogen-bond acceptors (Lipinski definition) is 7. The van der Waals surface area contributed by atoms with Crippen molar-refractivity contribution in [2.45, 2.75) is 90.1 Å². The first-order chi connectivity index (χ1) is 22.8. The summed E-state index contributed by atoms with van der Waals surface area (Å²) in [6, 6.07) is 13.1. The molecule has 12 heteroatoms. The standard InChI is InChI=1S/C36H47BrN4O7/c1-7-22(2)31(34(44)46-6)40-33(43)29(19-24-21-38-28-12-9-8-11-26(24)28)39-32(42)27(23-13-15-25(37)16-14-23)20-30-41(17-10-18-47-30)35(45)48-36(3,4)5/h8-9,11-16,21-22,27,29-31,38H,7,10,17-20H2,1-6H3,(H,39,42)(H,40,43)/t22-,27?,29-,30?,31-/m0/s1. The minimum Gasteiger partial charge on any atom is -0.467 e. The van der Waals surface area contributed by atoms with Crippen molar-refractivity contribution in [1.82, 2.24) is 20.5 Å². The average Bonchev–Trinajstić information content (AvgIpc) is 3.47. The number of amides is 3. The number of fused-ring (bicyclic) bond motifs is 1. The summed E-state index contributed by atoms with van der Waals surface area (Å²) in [6.45, 7) is 10.0. The first-order valence-electron chi connectivity index (χ1n) is 16.4. The molecule has 1 aliphatic rings. The lowest BCUT2D eigenvalue weighted by Crippen LogP contribution is -2.55. The van der Waals surface area contributed by atoms with E-state index in [1.807, 2.05) is 68.6 Å². The quantitative estimate of drug-likeness (QED) is 0.200. The number of nitrogens with zero attached hydrogens (tertiary/aromatic N) is 1. The predicted octanol–water partition coefficient (Wildman–Crippen LogP) is 5.82. The van der Waals surface area contributed by atoms with Crippen molar-refractivity contribution in [2.24, 2.45) is 5.92 Å². The number of benzene rings is 2. The summed E-state index contributed by atoms with van der Waals surface area (Å²) >= 11 is 3.47. The number of H-pyrrole nitrogens is 1. The van der Waals surface area contributed by atoms with Gasteiger partial charge >= 0.3 is 12.1 Å². The summed E-state index contributed by atoms with van der Waals surface area (Å²) in [5.74, 6) is -2.49. The van der Waals surface area contributed by atoms with Gasteiger partial charge in [0.15, 0.2) is 0 Å². The van der Waals surface area contributed by atoms with Gasteiger partial charge in [0, 0.05) is 41.0 Å². The number of para-hydroxylation sites is 1. The van der Waals surface area contributed by atoms with Gasteiger partial charge in [0.2, 0.25) is 11.8 Å². The summed E-state index contributed by atoms with van der Waals surface area (Å²) < 4.78 is 17.6. The van der Waals surface area contributed by atoms with Gasteiger partial charge in [-0.25, -0.2) is 9.59 Å². The predicted molar refractivity (Wildman–Crippen MR) is 186 cm³/mol. The Labute approximate surface area is 290 Å². The number of hydrogen-bond donors (Lipinski definition) is 3. The van der Waals surface area contributed by atoms with Crippen LogP contribution in [-0.2, 0) is 35.0 Å². The number of esters is 1. The van der Waals surface area contributed by atoms with Crippen LogP contribution in [0.5, 0.6) is 0 Å². The molecule has 1 saturated heterocycles. The minimum absolute atomic E-state index is 0.131. The van der Waals surface area contributed by atoms with E-state index in [2.05, 4.69) is 31.5 Å². The van der Waals surface area contributed by atoms with Crippen LogP contribution in [0.3, 0.4) is 0 Å². The van der Waals surface area contributed by atoms with Crippen molar-refractivity contribution >= 4 is 50.7 Å². The molecule has 1 aliphatic heterocycles. The van der Waals surface area contributed by atoms with Gasteiger partial charge in [0.25, 0.3) is 0 Å². The molecule has 3 amide bonds. The van der Waals surface area contributed by atoms with E-state index in [9.17, 15) is 19.2 Å². The molecule has 3 N–H and O–H groups in total. The number of carbonyl (C=O) groups excluding carboxylic acids is 4. The van der Waals surface area contributed by atoms with E-state index in [1.54, 1.807) is 20.8 Å². The fraction of sp³-hybridized carbons (Fsp3) is 0.500. The smallest absolute Gasteiger partial charge is 0.412 e. The van der Waals surface area contributed by atoms with E-state index in [4.69, 9.17) is 14.2 Å². The highest BCUT2D eigenvalue weighted by Gasteiger charge is 2.37. The normalized spacial score (nSPS) is 17.6. The molecular weight excluding hydrogens is 680 g/mol. The van der Waals surface area contributed by atoms with Crippen LogP contribution in [0.25, 0.3) is 10.9 Å². The fourth-order valence-electron chi connectivity index (χ4n) is 5.76. The molecule has 4 rings (SSSR count). The Balaban J connectivity index is 1.67. The molecule has 1 aromatic heterocycles. The summed E-state index contributed by atoms with van der Waals surface area (Å²) in [5.41, 5.74) is 1.71. The third-order valence-corrected chi connectivity index (χ3v) is 9.08. The van der Waals surface area contributed by atoms with E-state index in [0.29, 0.717) is 31.6 Å². The van der Waals surface area contributed by atoms with Gasteiger partial charge in [-0.1, -0.05) is 66.5 Å². The second-order valence-electron chi connectivity index (χ2n) is 13.2. The van der Waals surface area contributed by atoms with Crippen LogP contribution in [-0.4, -0.2) is 77.9 Å². The van der Waals surface area contributed by atoms with Crippen molar-refractivity contribution in [3.05, 3.63) is 70.3 Å². The summed E-state index contributed by atoms with van der Waals surface area (Å²) in [5, 5.41) is 6.78.